The molecule has 2 rings (SSSR count). The van der Waals surface area contributed by atoms with Crippen molar-refractivity contribution in [3.63, 3.8) is 0 Å². The number of hydrogen-bond acceptors (Lipinski definition) is 3. The molecule has 0 fully saturated rings. The van der Waals surface area contributed by atoms with Gasteiger partial charge in [0.2, 0.25) is 0 Å². The molecule has 0 radical (unpaired) electrons. The Bertz CT molecular complexity index is 566. The van der Waals surface area contributed by atoms with Crippen LogP contribution >= 0.6 is 0 Å². The molecule has 6 heteroatoms. The van der Waals surface area contributed by atoms with Crippen molar-refractivity contribution in [2.45, 2.75) is 6.18 Å². The van der Waals surface area contributed by atoms with Crippen molar-refractivity contribution in [3.8, 4) is 11.5 Å². The number of nitrogens with zero attached hydrogens (tertiary/aromatic N) is 1. The van der Waals surface area contributed by atoms with Gasteiger partial charge in [-0.25, -0.2) is 4.98 Å². The molecule has 0 saturated carbocycles. The Morgan fingerprint density at radius 2 is 1.94 bits per heavy atom. The summed E-state index contributed by atoms with van der Waals surface area (Å²) in [6.45, 7) is 0. The van der Waals surface area contributed by atoms with Crippen molar-refractivity contribution in [1.29, 1.82) is 0 Å². The third-order valence-electron chi connectivity index (χ3n) is 2.29. The zero-order chi connectivity index (χ0) is 12.6. The number of halogens is 3. The Hall–Kier alpha value is -1.98. The number of pyridine rings is 1. The van der Waals surface area contributed by atoms with E-state index in [1.807, 2.05) is 0 Å². The average molecular weight is 243 g/mol. The molecule has 2 aromatic rings. The fourth-order valence-electron chi connectivity index (χ4n) is 1.46. The molecule has 1 aromatic heterocycles. The maximum absolute atomic E-state index is 12.5. The zero-order valence-electron chi connectivity index (χ0n) is 8.75. The number of aromatic nitrogens is 1. The summed E-state index contributed by atoms with van der Waals surface area (Å²) in [4.78, 5) is 3.45. The summed E-state index contributed by atoms with van der Waals surface area (Å²) in [6.07, 6.45) is -4.59. The van der Waals surface area contributed by atoms with Gasteiger partial charge in [-0.15, -0.1) is 0 Å². The number of methoxy groups -OCH3 is 1. The molecule has 3 nitrogen and oxygen atoms in total. The summed E-state index contributed by atoms with van der Waals surface area (Å²) < 4.78 is 42.3. The van der Waals surface area contributed by atoms with Crippen LogP contribution < -0.4 is 4.74 Å². The second-order valence-electron chi connectivity index (χ2n) is 3.41. The Kier molecular flexibility index (Phi) is 2.57. The van der Waals surface area contributed by atoms with Gasteiger partial charge >= 0.3 is 6.18 Å². The minimum absolute atomic E-state index is 0.0386. The molecular weight excluding hydrogens is 235 g/mol. The van der Waals surface area contributed by atoms with Gasteiger partial charge in [0.05, 0.1) is 12.6 Å². The summed E-state index contributed by atoms with van der Waals surface area (Å²) in [5.74, 6) is -0.0753. The summed E-state index contributed by atoms with van der Waals surface area (Å²) in [5, 5.41) is 9.75. The van der Waals surface area contributed by atoms with Crippen LogP contribution in [-0.2, 0) is 6.18 Å². The highest BCUT2D eigenvalue weighted by Crippen LogP contribution is 2.34. The highest BCUT2D eigenvalue weighted by molar-refractivity contribution is 5.86. The Morgan fingerprint density at radius 3 is 2.53 bits per heavy atom. The molecule has 0 aliphatic rings. The van der Waals surface area contributed by atoms with E-state index in [0.29, 0.717) is 11.8 Å². The topological polar surface area (TPSA) is 42.4 Å². The number of aromatic hydroxyl groups is 1. The first-order chi connectivity index (χ1) is 7.91. The molecule has 1 N–H and O–H groups in total. The Morgan fingerprint density at radius 1 is 1.24 bits per heavy atom. The number of benzene rings is 1. The van der Waals surface area contributed by atoms with Crippen LogP contribution in [0, 0.1) is 0 Å². The summed E-state index contributed by atoms with van der Waals surface area (Å²) in [6, 6.07) is 4.94. The van der Waals surface area contributed by atoms with Crippen molar-refractivity contribution < 1.29 is 23.0 Å². The van der Waals surface area contributed by atoms with E-state index in [0.717, 1.165) is 0 Å². The van der Waals surface area contributed by atoms with E-state index < -0.39 is 17.6 Å². The van der Waals surface area contributed by atoms with E-state index in [1.165, 1.54) is 25.3 Å². The van der Waals surface area contributed by atoms with E-state index in [1.54, 1.807) is 0 Å². The first-order valence-electron chi connectivity index (χ1n) is 4.67. The summed E-state index contributed by atoms with van der Waals surface area (Å²) in [7, 11) is 1.40. The molecule has 17 heavy (non-hydrogen) atoms. The van der Waals surface area contributed by atoms with Gasteiger partial charge in [-0.05, 0) is 12.1 Å². The van der Waals surface area contributed by atoms with E-state index in [-0.39, 0.29) is 10.9 Å². The van der Waals surface area contributed by atoms with E-state index >= 15 is 0 Å². The molecule has 0 unspecified atom stereocenters. The predicted molar refractivity (Wildman–Crippen MR) is 55.0 cm³/mol. The van der Waals surface area contributed by atoms with E-state index in [4.69, 9.17) is 4.74 Å². The lowest BCUT2D eigenvalue weighted by molar-refractivity contribution is -0.141. The zero-order valence-corrected chi connectivity index (χ0v) is 8.75. The first kappa shape index (κ1) is 11.5. The quantitative estimate of drug-likeness (QED) is 0.837. The van der Waals surface area contributed by atoms with Gasteiger partial charge in [0.25, 0.3) is 0 Å². The first-order valence-corrected chi connectivity index (χ1v) is 4.67. The van der Waals surface area contributed by atoms with Crippen LogP contribution in [-0.4, -0.2) is 17.2 Å². The van der Waals surface area contributed by atoms with Gasteiger partial charge in [0, 0.05) is 17.5 Å². The van der Waals surface area contributed by atoms with Crippen LogP contribution in [0.5, 0.6) is 11.5 Å². The second-order valence-corrected chi connectivity index (χ2v) is 3.41. The van der Waals surface area contributed by atoms with Crippen molar-refractivity contribution in [3.05, 3.63) is 30.0 Å². The molecular formula is C11H8F3NO2. The number of alkyl halides is 3. The van der Waals surface area contributed by atoms with E-state index in [2.05, 4.69) is 4.98 Å². The van der Waals surface area contributed by atoms with Gasteiger partial charge in [0.1, 0.15) is 17.2 Å². The van der Waals surface area contributed by atoms with Crippen LogP contribution in [0.2, 0.25) is 0 Å². The number of rotatable bonds is 1. The lowest BCUT2D eigenvalue weighted by atomic mass is 10.1. The molecule has 0 bridgehead atoms. The maximum atomic E-state index is 12.5. The minimum atomic E-state index is -4.59. The standard InChI is InChI=1S/C11H8F3NO2/c1-17-6-2-3-7-8(4-6)15-10(5-9(7)16)11(12,13)14/h2-5H,1H3,(H,15,16). The molecule has 1 heterocycles. The van der Waals surface area contributed by atoms with Gasteiger partial charge < -0.3 is 9.84 Å². The van der Waals surface area contributed by atoms with Crippen molar-refractivity contribution in [2.24, 2.45) is 0 Å². The summed E-state index contributed by atoms with van der Waals surface area (Å²) in [5.41, 5.74) is -1.09. The van der Waals surface area contributed by atoms with Crippen LogP contribution in [0.3, 0.4) is 0 Å². The molecule has 0 spiro atoms. The second kappa shape index (κ2) is 3.80. The van der Waals surface area contributed by atoms with Crippen molar-refractivity contribution in [1.82, 2.24) is 4.98 Å². The smallest absolute Gasteiger partial charge is 0.433 e. The largest absolute Gasteiger partial charge is 0.507 e. The fourth-order valence-corrected chi connectivity index (χ4v) is 1.46. The van der Waals surface area contributed by atoms with Gasteiger partial charge in [-0.2, -0.15) is 13.2 Å². The Labute approximate surface area is 94.5 Å². The highest BCUT2D eigenvalue weighted by atomic mass is 19.4. The third-order valence-corrected chi connectivity index (χ3v) is 2.29. The number of fused-ring (bicyclic) bond motifs is 1. The predicted octanol–water partition coefficient (Wildman–Crippen LogP) is 2.97. The number of hydrogen-bond donors (Lipinski definition) is 1. The lowest BCUT2D eigenvalue weighted by Crippen LogP contribution is -2.07. The van der Waals surface area contributed by atoms with Crippen LogP contribution in [0.25, 0.3) is 10.9 Å². The minimum Gasteiger partial charge on any atom is -0.507 e. The van der Waals surface area contributed by atoms with Gasteiger partial charge in [-0.3, -0.25) is 0 Å². The molecule has 0 aliphatic carbocycles. The molecule has 0 atom stereocenters. The molecule has 0 aliphatic heterocycles. The number of ether oxygens (including phenoxy) is 1. The monoisotopic (exact) mass is 243 g/mol. The highest BCUT2D eigenvalue weighted by Gasteiger charge is 2.33. The fraction of sp³-hybridized carbons (Fsp3) is 0.182. The van der Waals surface area contributed by atoms with Crippen LogP contribution in [0.1, 0.15) is 5.69 Å². The van der Waals surface area contributed by atoms with Crippen molar-refractivity contribution >= 4 is 10.9 Å². The molecule has 1 aromatic carbocycles. The lowest BCUT2D eigenvalue weighted by Gasteiger charge is -2.09. The SMILES string of the molecule is COc1ccc2c(O)cc(C(F)(F)F)nc2c1. The van der Waals surface area contributed by atoms with Gasteiger partial charge in [-0.1, -0.05) is 0 Å². The Balaban J connectivity index is 2.70. The van der Waals surface area contributed by atoms with Crippen LogP contribution in [0.15, 0.2) is 24.3 Å². The average Bonchev–Trinajstić information content (AvgIpc) is 2.27. The maximum Gasteiger partial charge on any atom is 0.433 e. The van der Waals surface area contributed by atoms with Crippen molar-refractivity contribution in [2.75, 3.05) is 7.11 Å². The van der Waals surface area contributed by atoms with Crippen LogP contribution in [0.4, 0.5) is 13.2 Å². The normalized spacial score (nSPS) is 11.8. The molecule has 90 valence electrons. The van der Waals surface area contributed by atoms with E-state index in [9.17, 15) is 18.3 Å². The van der Waals surface area contributed by atoms with Gasteiger partial charge in [0.15, 0.2) is 0 Å². The molecule has 0 saturated heterocycles. The summed E-state index contributed by atoms with van der Waals surface area (Å²) >= 11 is 0. The molecule has 0 amide bonds. The third kappa shape index (κ3) is 2.11.